The van der Waals surface area contributed by atoms with Crippen molar-refractivity contribution in [1.82, 2.24) is 5.32 Å². The molecule has 0 saturated heterocycles. The van der Waals surface area contributed by atoms with E-state index in [0.717, 1.165) is 43.5 Å². The lowest BCUT2D eigenvalue weighted by Gasteiger charge is -2.13. The molecule has 0 amide bonds. The SMILES string of the molecule is C=N/C=C(/OCCCc1ccccc1OC)C(=N)NCCCC. The standard InChI is InChI=1S/C18H27N3O2/c1-4-5-12-21-18(19)17(14-20-2)23-13-8-10-15-9-6-7-11-16(15)22-3/h6-7,9,11,14H,2,4-5,8,10,12-13H2,1,3H3,(H2,19,21)/b17-14+. The van der Waals surface area contributed by atoms with E-state index in [1.807, 2.05) is 18.2 Å². The zero-order valence-electron chi connectivity index (χ0n) is 14.1. The molecular formula is C18H27N3O2. The second-order valence-corrected chi connectivity index (χ2v) is 5.10. The number of amidine groups is 1. The minimum absolute atomic E-state index is 0.253. The number of methoxy groups -OCH3 is 1. The largest absolute Gasteiger partial charge is 0.496 e. The Bertz CT molecular complexity index is 527. The first-order valence-electron chi connectivity index (χ1n) is 7.96. The number of nitrogens with one attached hydrogen (secondary N) is 2. The molecule has 5 heteroatoms. The van der Waals surface area contributed by atoms with Crippen molar-refractivity contribution in [2.24, 2.45) is 4.99 Å². The topological polar surface area (TPSA) is 66.7 Å². The third kappa shape index (κ3) is 7.00. The number of rotatable bonds is 11. The molecule has 0 aliphatic rings. The number of aryl methyl sites for hydroxylation is 1. The Hall–Kier alpha value is -2.30. The van der Waals surface area contributed by atoms with E-state index < -0.39 is 0 Å². The molecule has 126 valence electrons. The fourth-order valence-electron chi connectivity index (χ4n) is 2.09. The van der Waals surface area contributed by atoms with Crippen LogP contribution in [0.4, 0.5) is 0 Å². The van der Waals surface area contributed by atoms with Crippen molar-refractivity contribution >= 4 is 12.6 Å². The molecule has 1 rings (SSSR count). The van der Waals surface area contributed by atoms with Gasteiger partial charge in [-0.25, -0.2) is 0 Å². The number of nitrogens with zero attached hydrogens (tertiary/aromatic N) is 1. The number of hydrogen-bond acceptors (Lipinski definition) is 4. The van der Waals surface area contributed by atoms with Gasteiger partial charge in [0.05, 0.1) is 19.9 Å². The zero-order chi connectivity index (χ0) is 16.9. The molecule has 0 aliphatic heterocycles. The van der Waals surface area contributed by atoms with Gasteiger partial charge in [-0.2, -0.15) is 0 Å². The molecule has 0 heterocycles. The van der Waals surface area contributed by atoms with Gasteiger partial charge in [-0.3, -0.25) is 10.4 Å². The van der Waals surface area contributed by atoms with Gasteiger partial charge in [0.2, 0.25) is 0 Å². The Morgan fingerprint density at radius 3 is 2.83 bits per heavy atom. The minimum atomic E-state index is 0.253. The molecule has 0 atom stereocenters. The molecule has 1 aromatic carbocycles. The van der Waals surface area contributed by atoms with Crippen LogP contribution in [0.5, 0.6) is 5.75 Å². The molecule has 0 fully saturated rings. The molecule has 0 bridgehead atoms. The number of aliphatic imine (C=N–C) groups is 1. The highest BCUT2D eigenvalue weighted by molar-refractivity contribution is 5.93. The quantitative estimate of drug-likeness (QED) is 0.284. The van der Waals surface area contributed by atoms with Crippen molar-refractivity contribution in [1.29, 1.82) is 5.41 Å². The van der Waals surface area contributed by atoms with Crippen LogP contribution in [0.2, 0.25) is 0 Å². The Balaban J connectivity index is 2.42. The smallest absolute Gasteiger partial charge is 0.179 e. The van der Waals surface area contributed by atoms with Gasteiger partial charge in [-0.15, -0.1) is 0 Å². The van der Waals surface area contributed by atoms with E-state index >= 15 is 0 Å². The van der Waals surface area contributed by atoms with E-state index in [1.54, 1.807) is 7.11 Å². The van der Waals surface area contributed by atoms with Gasteiger partial charge in [0.1, 0.15) is 5.75 Å². The summed E-state index contributed by atoms with van der Waals surface area (Å²) in [6.45, 7) is 6.81. The fraction of sp³-hybridized carbons (Fsp3) is 0.444. The Kier molecular flexibility index (Phi) is 9.20. The average molecular weight is 317 g/mol. The highest BCUT2D eigenvalue weighted by atomic mass is 16.5. The molecule has 1 aromatic rings. The first-order valence-corrected chi connectivity index (χ1v) is 7.96. The van der Waals surface area contributed by atoms with Crippen molar-refractivity contribution < 1.29 is 9.47 Å². The number of hydrogen-bond donors (Lipinski definition) is 2. The lowest BCUT2D eigenvalue weighted by atomic mass is 10.1. The Labute approximate surface area is 138 Å². The summed E-state index contributed by atoms with van der Waals surface area (Å²) in [4.78, 5) is 3.71. The molecular weight excluding hydrogens is 290 g/mol. The predicted molar refractivity (Wildman–Crippen MR) is 95.5 cm³/mol. The van der Waals surface area contributed by atoms with Crippen LogP contribution in [0.15, 0.2) is 41.2 Å². The number of para-hydroxylation sites is 1. The average Bonchev–Trinajstić information content (AvgIpc) is 2.58. The maximum Gasteiger partial charge on any atom is 0.179 e. The molecule has 5 nitrogen and oxygen atoms in total. The molecule has 0 saturated carbocycles. The van der Waals surface area contributed by atoms with E-state index in [2.05, 4.69) is 30.0 Å². The molecule has 0 aromatic heterocycles. The summed E-state index contributed by atoms with van der Waals surface area (Å²) >= 11 is 0. The van der Waals surface area contributed by atoms with Crippen molar-refractivity contribution in [2.75, 3.05) is 20.3 Å². The summed E-state index contributed by atoms with van der Waals surface area (Å²) in [6, 6.07) is 7.96. The van der Waals surface area contributed by atoms with Gasteiger partial charge in [0.25, 0.3) is 0 Å². The lowest BCUT2D eigenvalue weighted by molar-refractivity contribution is 0.224. The van der Waals surface area contributed by atoms with Crippen LogP contribution in [0, 0.1) is 5.41 Å². The van der Waals surface area contributed by atoms with E-state index in [9.17, 15) is 0 Å². The summed E-state index contributed by atoms with van der Waals surface area (Å²) in [5, 5.41) is 11.0. The second-order valence-electron chi connectivity index (χ2n) is 5.10. The summed E-state index contributed by atoms with van der Waals surface area (Å²) in [6.07, 6.45) is 5.26. The van der Waals surface area contributed by atoms with Crippen LogP contribution in [-0.2, 0) is 11.2 Å². The van der Waals surface area contributed by atoms with Crippen LogP contribution in [0.1, 0.15) is 31.7 Å². The van der Waals surface area contributed by atoms with Gasteiger partial charge in [0.15, 0.2) is 11.6 Å². The van der Waals surface area contributed by atoms with Crippen molar-refractivity contribution in [3.63, 3.8) is 0 Å². The third-order valence-electron chi connectivity index (χ3n) is 3.33. The minimum Gasteiger partial charge on any atom is -0.496 e. The number of unbranched alkanes of at least 4 members (excludes halogenated alkanes) is 1. The van der Waals surface area contributed by atoms with Crippen LogP contribution in [-0.4, -0.2) is 32.8 Å². The summed E-state index contributed by atoms with van der Waals surface area (Å²) < 4.78 is 11.0. The first-order chi connectivity index (χ1) is 11.2. The zero-order valence-corrected chi connectivity index (χ0v) is 14.1. The summed E-state index contributed by atoms with van der Waals surface area (Å²) in [7, 11) is 1.68. The highest BCUT2D eigenvalue weighted by Gasteiger charge is 2.07. The molecule has 0 radical (unpaired) electrons. The van der Waals surface area contributed by atoms with Crippen molar-refractivity contribution in [3.05, 3.63) is 41.8 Å². The maximum absolute atomic E-state index is 7.98. The van der Waals surface area contributed by atoms with E-state index in [4.69, 9.17) is 14.9 Å². The normalized spacial score (nSPS) is 11.0. The van der Waals surface area contributed by atoms with Gasteiger partial charge in [0, 0.05) is 6.54 Å². The Morgan fingerprint density at radius 2 is 2.13 bits per heavy atom. The third-order valence-corrected chi connectivity index (χ3v) is 3.33. The molecule has 0 aliphatic carbocycles. The fourth-order valence-corrected chi connectivity index (χ4v) is 2.09. The molecule has 23 heavy (non-hydrogen) atoms. The van der Waals surface area contributed by atoms with Crippen molar-refractivity contribution in [3.8, 4) is 5.75 Å². The molecule has 2 N–H and O–H groups in total. The van der Waals surface area contributed by atoms with Gasteiger partial charge in [-0.05, 0) is 37.6 Å². The first kappa shape index (κ1) is 18.7. The summed E-state index contributed by atoms with van der Waals surface area (Å²) in [5.41, 5.74) is 1.15. The van der Waals surface area contributed by atoms with Crippen LogP contribution in [0.25, 0.3) is 0 Å². The van der Waals surface area contributed by atoms with Gasteiger partial charge < -0.3 is 14.8 Å². The highest BCUT2D eigenvalue weighted by Crippen LogP contribution is 2.18. The number of benzene rings is 1. The molecule has 0 spiro atoms. The summed E-state index contributed by atoms with van der Waals surface area (Å²) in [5.74, 6) is 1.57. The van der Waals surface area contributed by atoms with E-state index in [0.29, 0.717) is 12.4 Å². The Morgan fingerprint density at radius 1 is 1.35 bits per heavy atom. The monoisotopic (exact) mass is 317 g/mol. The van der Waals surface area contributed by atoms with Crippen LogP contribution >= 0.6 is 0 Å². The maximum atomic E-state index is 7.98. The van der Waals surface area contributed by atoms with Crippen LogP contribution < -0.4 is 10.1 Å². The predicted octanol–water partition coefficient (Wildman–Crippen LogP) is 3.55. The lowest BCUT2D eigenvalue weighted by Crippen LogP contribution is -2.26. The van der Waals surface area contributed by atoms with E-state index in [1.165, 1.54) is 6.20 Å². The van der Waals surface area contributed by atoms with Crippen molar-refractivity contribution in [2.45, 2.75) is 32.6 Å². The molecule has 0 unspecified atom stereocenters. The number of ether oxygens (including phenoxy) is 2. The van der Waals surface area contributed by atoms with Gasteiger partial charge in [-0.1, -0.05) is 31.5 Å². The van der Waals surface area contributed by atoms with E-state index in [-0.39, 0.29) is 5.84 Å². The van der Waals surface area contributed by atoms with Gasteiger partial charge >= 0.3 is 0 Å². The second kappa shape index (κ2) is 11.3. The van der Waals surface area contributed by atoms with Crippen LogP contribution in [0.3, 0.4) is 0 Å².